The van der Waals surface area contributed by atoms with Gasteiger partial charge in [0, 0.05) is 6.42 Å². The average Bonchev–Trinajstić information content (AvgIpc) is 3.19. The first-order valence-electron chi connectivity index (χ1n) is 22.4. The number of aryl methyl sites for hydroxylation is 1. The fraction of sp³-hybridized carbons (Fsp3) is 0.844. The van der Waals surface area contributed by atoms with E-state index < -0.39 is 55.6 Å². The molecule has 1 amide bonds. The Morgan fingerprint density at radius 3 is 1.69 bits per heavy atom. The lowest BCUT2D eigenvalue weighted by Crippen LogP contribution is -2.60. The third-order valence-electron chi connectivity index (χ3n) is 11.3. The van der Waals surface area contributed by atoms with Crippen molar-refractivity contribution in [3.63, 3.8) is 0 Å². The van der Waals surface area contributed by atoms with Gasteiger partial charge < -0.3 is 45.4 Å². The molecule has 1 aromatic carbocycles. The van der Waals surface area contributed by atoms with Crippen molar-refractivity contribution >= 4 is 5.91 Å². The molecule has 1 heterocycles. The van der Waals surface area contributed by atoms with E-state index in [-0.39, 0.29) is 18.9 Å². The Morgan fingerprint density at radius 2 is 1.16 bits per heavy atom. The van der Waals surface area contributed by atoms with Crippen LogP contribution in [0.3, 0.4) is 0 Å². The Balaban J connectivity index is 1.65. The lowest BCUT2D eigenvalue weighted by Gasteiger charge is -2.40. The summed E-state index contributed by atoms with van der Waals surface area (Å²) in [4.78, 5) is 13.0. The second kappa shape index (κ2) is 32.3. The van der Waals surface area contributed by atoms with E-state index in [9.17, 15) is 35.4 Å². The highest BCUT2D eigenvalue weighted by Crippen LogP contribution is 2.23. The molecule has 2 rings (SSSR count). The zero-order chi connectivity index (χ0) is 39.9. The third kappa shape index (κ3) is 22.8. The Hall–Kier alpha value is -1.63. The van der Waals surface area contributed by atoms with Gasteiger partial charge in [0.25, 0.3) is 0 Å². The van der Waals surface area contributed by atoms with Gasteiger partial charge in [-0.25, -0.2) is 0 Å². The molecule has 0 radical (unpaired) electrons. The molecule has 0 aromatic heterocycles. The summed E-state index contributed by atoms with van der Waals surface area (Å²) >= 11 is 0. The second-order valence-electron chi connectivity index (χ2n) is 16.2. The first-order valence-corrected chi connectivity index (χ1v) is 22.4. The lowest BCUT2D eigenvalue weighted by atomic mass is 9.98. The molecule has 10 heteroatoms. The van der Waals surface area contributed by atoms with Gasteiger partial charge in [-0.1, -0.05) is 179 Å². The minimum Gasteiger partial charge on any atom is -0.394 e. The predicted molar refractivity (Wildman–Crippen MR) is 220 cm³/mol. The van der Waals surface area contributed by atoms with Crippen LogP contribution in [0.15, 0.2) is 30.3 Å². The Bertz CT molecular complexity index is 1030. The van der Waals surface area contributed by atoms with Gasteiger partial charge in [0.15, 0.2) is 6.29 Å². The summed E-state index contributed by atoms with van der Waals surface area (Å²) in [5.74, 6) is -0.261. The van der Waals surface area contributed by atoms with Crippen LogP contribution in [0.1, 0.15) is 179 Å². The maximum Gasteiger partial charge on any atom is 0.220 e. The molecule has 0 bridgehead atoms. The normalized spacial score (nSPS) is 21.7. The first kappa shape index (κ1) is 49.5. The van der Waals surface area contributed by atoms with Crippen LogP contribution >= 0.6 is 0 Å². The van der Waals surface area contributed by atoms with Gasteiger partial charge in [-0.15, -0.1) is 0 Å². The van der Waals surface area contributed by atoms with E-state index in [1.54, 1.807) is 0 Å². The minimum absolute atomic E-state index is 0.261. The fourth-order valence-electron chi connectivity index (χ4n) is 7.57. The van der Waals surface area contributed by atoms with E-state index in [1.165, 1.54) is 115 Å². The van der Waals surface area contributed by atoms with Crippen molar-refractivity contribution in [2.24, 2.45) is 0 Å². The van der Waals surface area contributed by atoms with Crippen LogP contribution in [-0.2, 0) is 20.7 Å². The molecule has 7 N–H and O–H groups in total. The van der Waals surface area contributed by atoms with Gasteiger partial charge in [-0.3, -0.25) is 4.79 Å². The standard InChI is InChI=1S/C45H81NO9/c1-2-3-4-5-6-7-8-12-15-18-21-27-32-38(48)41(50)37(35-54-45-44(53)43(52)42(51)39(34-47)55-45)46-40(49)33-28-22-19-16-13-10-9-11-14-17-20-24-29-36-30-25-23-26-31-36/h23,25-26,30-31,37-39,41-45,47-48,50-53H,2-22,24,27-29,32-35H2,1H3,(H,46,49)/t37-,38+,39+,41-,42-,43-,44+,45-/m0/s1. The number of hydrogen-bond donors (Lipinski definition) is 7. The van der Waals surface area contributed by atoms with Crippen LogP contribution in [0, 0.1) is 0 Å². The molecule has 0 unspecified atom stereocenters. The minimum atomic E-state index is -1.61. The van der Waals surface area contributed by atoms with Gasteiger partial charge in [0.05, 0.1) is 25.4 Å². The predicted octanol–water partition coefficient (Wildman–Crippen LogP) is 7.41. The number of unbranched alkanes of at least 4 members (excludes halogenated alkanes) is 22. The van der Waals surface area contributed by atoms with Gasteiger partial charge in [-0.2, -0.15) is 0 Å². The number of carbonyl (C=O) groups excluding carboxylic acids is 1. The van der Waals surface area contributed by atoms with E-state index in [1.807, 2.05) is 0 Å². The van der Waals surface area contributed by atoms with Gasteiger partial charge in [0.2, 0.25) is 5.91 Å². The number of rotatable bonds is 35. The number of aliphatic hydroxyl groups excluding tert-OH is 6. The van der Waals surface area contributed by atoms with Crippen molar-refractivity contribution in [2.45, 2.75) is 229 Å². The number of hydrogen-bond acceptors (Lipinski definition) is 9. The van der Waals surface area contributed by atoms with Crippen molar-refractivity contribution in [1.29, 1.82) is 0 Å². The molecule has 8 atom stereocenters. The molecule has 1 saturated heterocycles. The highest BCUT2D eigenvalue weighted by Gasteiger charge is 2.44. The number of carbonyl (C=O) groups is 1. The zero-order valence-electron chi connectivity index (χ0n) is 34.4. The summed E-state index contributed by atoms with van der Waals surface area (Å²) in [6, 6.07) is 9.72. The van der Waals surface area contributed by atoms with E-state index in [2.05, 4.69) is 42.6 Å². The number of ether oxygens (including phenoxy) is 2. The van der Waals surface area contributed by atoms with Crippen molar-refractivity contribution in [1.82, 2.24) is 5.32 Å². The topological polar surface area (TPSA) is 169 Å². The molecule has 1 aromatic rings. The van der Waals surface area contributed by atoms with Crippen LogP contribution < -0.4 is 5.32 Å². The van der Waals surface area contributed by atoms with Crippen LogP contribution in [0.25, 0.3) is 0 Å². The molecule has 1 aliphatic heterocycles. The summed E-state index contributed by atoms with van der Waals surface area (Å²) in [6.45, 7) is 1.33. The molecule has 0 saturated carbocycles. The molecule has 1 fully saturated rings. The zero-order valence-corrected chi connectivity index (χ0v) is 34.4. The molecule has 55 heavy (non-hydrogen) atoms. The van der Waals surface area contributed by atoms with Gasteiger partial charge in [0.1, 0.15) is 30.5 Å². The van der Waals surface area contributed by atoms with Crippen LogP contribution in [0.4, 0.5) is 0 Å². The molecule has 0 aliphatic carbocycles. The highest BCUT2D eigenvalue weighted by atomic mass is 16.7. The summed E-state index contributed by atoms with van der Waals surface area (Å²) in [7, 11) is 0. The Labute approximate surface area is 333 Å². The fourth-order valence-corrected chi connectivity index (χ4v) is 7.57. The van der Waals surface area contributed by atoms with E-state index in [0.29, 0.717) is 12.8 Å². The first-order chi connectivity index (χ1) is 26.8. The molecule has 1 aliphatic rings. The lowest BCUT2D eigenvalue weighted by molar-refractivity contribution is -0.303. The summed E-state index contributed by atoms with van der Waals surface area (Å²) in [6.07, 6.45) is 20.5. The maximum atomic E-state index is 13.0. The quantitative estimate of drug-likeness (QED) is 0.0347. The van der Waals surface area contributed by atoms with E-state index in [0.717, 1.165) is 44.9 Å². The van der Waals surface area contributed by atoms with Crippen LogP contribution in [-0.4, -0.2) is 98.7 Å². The summed E-state index contributed by atoms with van der Waals surface area (Å²) < 4.78 is 11.1. The Morgan fingerprint density at radius 1 is 0.673 bits per heavy atom. The maximum absolute atomic E-state index is 13.0. The summed E-state index contributed by atoms with van der Waals surface area (Å²) in [5, 5.41) is 65.1. The second-order valence-corrected chi connectivity index (χ2v) is 16.2. The molecular formula is C45H81NO9. The number of nitrogens with one attached hydrogen (secondary N) is 1. The molecule has 10 nitrogen and oxygen atoms in total. The molecule has 320 valence electrons. The van der Waals surface area contributed by atoms with Gasteiger partial charge in [-0.05, 0) is 31.2 Å². The van der Waals surface area contributed by atoms with E-state index in [4.69, 9.17) is 9.47 Å². The monoisotopic (exact) mass is 780 g/mol. The van der Waals surface area contributed by atoms with Crippen molar-refractivity contribution in [2.75, 3.05) is 13.2 Å². The smallest absolute Gasteiger partial charge is 0.220 e. The van der Waals surface area contributed by atoms with Crippen molar-refractivity contribution in [3.05, 3.63) is 35.9 Å². The van der Waals surface area contributed by atoms with Crippen LogP contribution in [0.2, 0.25) is 0 Å². The van der Waals surface area contributed by atoms with Gasteiger partial charge >= 0.3 is 0 Å². The molecular weight excluding hydrogens is 698 g/mol. The SMILES string of the molecule is CCCCCCCCCCCCCC[C@@H](O)[C@@H](O)[C@H](CO[C@H]1O[C@H](CO)[C@H](O)[C@H](O)[C@H]1O)NC(=O)CCCCCCCCCCCCCCc1ccccc1. The Kier molecular flexibility index (Phi) is 29.1. The third-order valence-corrected chi connectivity index (χ3v) is 11.3. The highest BCUT2D eigenvalue weighted by molar-refractivity contribution is 5.76. The van der Waals surface area contributed by atoms with Crippen molar-refractivity contribution < 1.29 is 44.9 Å². The summed E-state index contributed by atoms with van der Waals surface area (Å²) in [5.41, 5.74) is 1.43. The molecule has 0 spiro atoms. The number of amides is 1. The largest absolute Gasteiger partial charge is 0.394 e. The number of benzene rings is 1. The number of aliphatic hydroxyl groups is 6. The van der Waals surface area contributed by atoms with E-state index >= 15 is 0 Å². The van der Waals surface area contributed by atoms with Crippen LogP contribution in [0.5, 0.6) is 0 Å². The average molecular weight is 780 g/mol. The van der Waals surface area contributed by atoms with Crippen molar-refractivity contribution in [3.8, 4) is 0 Å².